The summed E-state index contributed by atoms with van der Waals surface area (Å²) in [6, 6.07) is 9.35. The van der Waals surface area contributed by atoms with Crippen molar-refractivity contribution in [3.63, 3.8) is 0 Å². The SMILES string of the molecule is N#Cc1ccc2cc(C(=O)N[C@@H](CC3CC3)C(=O)N[C@H](C#N)C[C@@H]3CCCNC3=O)[nH]c2c1. The zero-order valence-corrected chi connectivity index (χ0v) is 18.2. The van der Waals surface area contributed by atoms with Gasteiger partial charge in [-0.3, -0.25) is 14.4 Å². The summed E-state index contributed by atoms with van der Waals surface area (Å²) in [5, 5.41) is 27.7. The summed E-state index contributed by atoms with van der Waals surface area (Å²) < 4.78 is 0. The van der Waals surface area contributed by atoms with Gasteiger partial charge in [0.2, 0.25) is 11.8 Å². The van der Waals surface area contributed by atoms with E-state index in [9.17, 15) is 19.6 Å². The van der Waals surface area contributed by atoms with Crippen molar-refractivity contribution < 1.29 is 14.4 Å². The van der Waals surface area contributed by atoms with Gasteiger partial charge in [0.15, 0.2) is 0 Å². The molecule has 0 spiro atoms. The lowest BCUT2D eigenvalue weighted by molar-refractivity contribution is -0.128. The van der Waals surface area contributed by atoms with Crippen molar-refractivity contribution in [1.29, 1.82) is 10.5 Å². The number of benzene rings is 1. The Morgan fingerprint density at radius 3 is 2.64 bits per heavy atom. The van der Waals surface area contributed by atoms with Gasteiger partial charge in [0, 0.05) is 23.4 Å². The van der Waals surface area contributed by atoms with E-state index < -0.39 is 23.9 Å². The van der Waals surface area contributed by atoms with E-state index in [1.54, 1.807) is 24.3 Å². The molecule has 4 rings (SSSR count). The first-order chi connectivity index (χ1) is 16.0. The number of fused-ring (bicyclic) bond motifs is 1. The minimum Gasteiger partial charge on any atom is -0.356 e. The fourth-order valence-electron chi connectivity index (χ4n) is 4.23. The first kappa shape index (κ1) is 22.3. The average molecular weight is 447 g/mol. The van der Waals surface area contributed by atoms with Crippen LogP contribution in [-0.2, 0) is 9.59 Å². The number of hydrogen-bond acceptors (Lipinski definition) is 5. The smallest absolute Gasteiger partial charge is 0.268 e. The minimum absolute atomic E-state index is 0.0862. The molecule has 1 aliphatic carbocycles. The molecule has 33 heavy (non-hydrogen) atoms. The number of aromatic nitrogens is 1. The third-order valence-corrected chi connectivity index (χ3v) is 6.28. The van der Waals surface area contributed by atoms with Gasteiger partial charge in [-0.2, -0.15) is 10.5 Å². The Morgan fingerprint density at radius 2 is 1.94 bits per heavy atom. The number of carbonyl (C=O) groups excluding carboxylic acids is 3. The summed E-state index contributed by atoms with van der Waals surface area (Å²) in [6.07, 6.45) is 4.30. The summed E-state index contributed by atoms with van der Waals surface area (Å²) >= 11 is 0. The first-order valence-electron chi connectivity index (χ1n) is 11.3. The molecule has 1 aromatic carbocycles. The molecule has 2 fully saturated rings. The van der Waals surface area contributed by atoms with Gasteiger partial charge in [-0.05, 0) is 49.8 Å². The molecule has 1 saturated heterocycles. The van der Waals surface area contributed by atoms with E-state index in [-0.39, 0.29) is 18.2 Å². The summed E-state index contributed by atoms with van der Waals surface area (Å²) in [5.74, 6) is -0.861. The number of hydrogen-bond donors (Lipinski definition) is 4. The molecule has 1 saturated carbocycles. The highest BCUT2D eigenvalue weighted by atomic mass is 16.2. The Morgan fingerprint density at radius 1 is 1.12 bits per heavy atom. The van der Waals surface area contributed by atoms with Crippen LogP contribution in [0.5, 0.6) is 0 Å². The maximum Gasteiger partial charge on any atom is 0.268 e. The molecule has 9 nitrogen and oxygen atoms in total. The fourth-order valence-corrected chi connectivity index (χ4v) is 4.23. The summed E-state index contributed by atoms with van der Waals surface area (Å²) in [6.45, 7) is 0.639. The van der Waals surface area contributed by atoms with Crippen molar-refractivity contribution >= 4 is 28.6 Å². The lowest BCUT2D eigenvalue weighted by atomic mass is 9.92. The normalized spacial score (nSPS) is 19.6. The Kier molecular flexibility index (Phi) is 6.60. The number of rotatable bonds is 8. The highest BCUT2D eigenvalue weighted by molar-refractivity contribution is 6.00. The number of H-pyrrole nitrogens is 1. The zero-order chi connectivity index (χ0) is 23.4. The van der Waals surface area contributed by atoms with Gasteiger partial charge in [-0.25, -0.2) is 0 Å². The molecule has 1 aliphatic heterocycles. The van der Waals surface area contributed by atoms with Crippen LogP contribution in [0.1, 0.15) is 54.6 Å². The molecule has 9 heteroatoms. The van der Waals surface area contributed by atoms with Crippen LogP contribution in [-0.4, -0.2) is 41.3 Å². The van der Waals surface area contributed by atoms with E-state index in [4.69, 9.17) is 5.26 Å². The maximum absolute atomic E-state index is 13.0. The van der Waals surface area contributed by atoms with Gasteiger partial charge in [0.25, 0.3) is 5.91 Å². The minimum atomic E-state index is -0.803. The van der Waals surface area contributed by atoms with E-state index in [2.05, 4.69) is 33.1 Å². The van der Waals surface area contributed by atoms with Gasteiger partial charge >= 0.3 is 0 Å². The largest absolute Gasteiger partial charge is 0.356 e. The van der Waals surface area contributed by atoms with Crippen molar-refractivity contribution in [3.05, 3.63) is 35.5 Å². The molecular formula is C24H26N6O3. The molecule has 170 valence electrons. The average Bonchev–Trinajstić information content (AvgIpc) is 3.53. The van der Waals surface area contributed by atoms with Crippen LogP contribution in [0.2, 0.25) is 0 Å². The number of nitriles is 2. The van der Waals surface area contributed by atoms with Crippen LogP contribution in [0.4, 0.5) is 0 Å². The second kappa shape index (κ2) is 9.74. The predicted molar refractivity (Wildman–Crippen MR) is 120 cm³/mol. The predicted octanol–water partition coefficient (Wildman–Crippen LogP) is 1.86. The number of aromatic amines is 1. The van der Waals surface area contributed by atoms with E-state index in [1.165, 1.54) is 0 Å². The number of piperidine rings is 1. The van der Waals surface area contributed by atoms with Crippen LogP contribution >= 0.6 is 0 Å². The molecular weight excluding hydrogens is 420 g/mol. The van der Waals surface area contributed by atoms with E-state index in [0.29, 0.717) is 42.1 Å². The van der Waals surface area contributed by atoms with Crippen molar-refractivity contribution in [3.8, 4) is 12.1 Å². The molecule has 2 heterocycles. The van der Waals surface area contributed by atoms with Crippen molar-refractivity contribution in [2.45, 2.75) is 50.6 Å². The Bertz CT molecular complexity index is 1150. The summed E-state index contributed by atoms with van der Waals surface area (Å²) in [5.41, 5.74) is 1.44. The second-order valence-electron chi connectivity index (χ2n) is 8.86. The Balaban J connectivity index is 1.43. The standard InChI is InChI=1S/C24H26N6O3/c25-12-15-5-6-16-11-21(29-19(16)9-15)24(33)30-20(8-14-3-4-14)23(32)28-18(13-26)10-17-2-1-7-27-22(17)31/h5-6,9,11,14,17-18,20,29H,1-4,7-8,10H2,(H,27,31)(H,28,32)(H,30,33)/t17-,18-,20-/m0/s1. The van der Waals surface area contributed by atoms with Gasteiger partial charge < -0.3 is 20.9 Å². The maximum atomic E-state index is 13.0. The monoisotopic (exact) mass is 446 g/mol. The molecule has 2 aliphatic rings. The van der Waals surface area contributed by atoms with Crippen LogP contribution in [0.15, 0.2) is 24.3 Å². The van der Waals surface area contributed by atoms with Gasteiger partial charge in [-0.1, -0.05) is 18.9 Å². The number of nitrogens with one attached hydrogen (secondary N) is 4. The van der Waals surface area contributed by atoms with Crippen LogP contribution in [0.25, 0.3) is 10.9 Å². The van der Waals surface area contributed by atoms with Gasteiger partial charge in [0.1, 0.15) is 17.8 Å². The number of amides is 3. The van der Waals surface area contributed by atoms with E-state index in [1.807, 2.05) is 0 Å². The molecule has 2 aromatic rings. The molecule has 1 aromatic heterocycles. The molecule has 0 unspecified atom stereocenters. The van der Waals surface area contributed by atoms with Gasteiger partial charge in [0.05, 0.1) is 17.7 Å². The van der Waals surface area contributed by atoms with E-state index >= 15 is 0 Å². The van der Waals surface area contributed by atoms with Crippen molar-refractivity contribution in [1.82, 2.24) is 20.9 Å². The lowest BCUT2D eigenvalue weighted by Gasteiger charge is -2.25. The summed E-state index contributed by atoms with van der Waals surface area (Å²) in [7, 11) is 0. The quantitative estimate of drug-likeness (QED) is 0.488. The first-order valence-corrected chi connectivity index (χ1v) is 11.3. The molecule has 0 bridgehead atoms. The Labute approximate surface area is 191 Å². The topological polar surface area (TPSA) is 151 Å². The highest BCUT2D eigenvalue weighted by Gasteiger charge is 2.33. The molecule has 3 atom stereocenters. The fraction of sp³-hybridized carbons (Fsp3) is 0.458. The van der Waals surface area contributed by atoms with E-state index in [0.717, 1.165) is 24.6 Å². The van der Waals surface area contributed by atoms with Gasteiger partial charge in [-0.15, -0.1) is 0 Å². The number of nitrogens with zero attached hydrogens (tertiary/aromatic N) is 2. The van der Waals surface area contributed by atoms with Crippen LogP contribution < -0.4 is 16.0 Å². The Hall–Kier alpha value is -3.85. The molecule has 4 N–H and O–H groups in total. The van der Waals surface area contributed by atoms with Crippen LogP contribution in [0, 0.1) is 34.5 Å². The highest BCUT2D eigenvalue weighted by Crippen LogP contribution is 2.33. The molecule has 3 amide bonds. The van der Waals surface area contributed by atoms with Crippen molar-refractivity contribution in [2.24, 2.45) is 11.8 Å². The summed E-state index contributed by atoms with van der Waals surface area (Å²) in [4.78, 5) is 40.9. The lowest BCUT2D eigenvalue weighted by Crippen LogP contribution is -2.50. The third-order valence-electron chi connectivity index (χ3n) is 6.28. The molecule has 0 radical (unpaired) electrons. The van der Waals surface area contributed by atoms with Crippen molar-refractivity contribution in [2.75, 3.05) is 6.54 Å². The second-order valence-corrected chi connectivity index (χ2v) is 8.86. The zero-order valence-electron chi connectivity index (χ0n) is 18.2. The number of carbonyl (C=O) groups is 3. The third kappa shape index (κ3) is 5.50. The van der Waals surface area contributed by atoms with Crippen LogP contribution in [0.3, 0.4) is 0 Å².